The van der Waals surface area contributed by atoms with E-state index >= 15 is 0 Å². The fourth-order valence-electron chi connectivity index (χ4n) is 2.96. The number of aromatic nitrogens is 4. The molecule has 0 bridgehead atoms. The number of nitrogens with zero attached hydrogens (tertiary/aromatic N) is 5. The van der Waals surface area contributed by atoms with Crippen molar-refractivity contribution >= 4 is 5.91 Å². The third-order valence-electron chi connectivity index (χ3n) is 4.51. The number of rotatable bonds is 7. The second kappa shape index (κ2) is 9.11. The summed E-state index contributed by atoms with van der Waals surface area (Å²) in [4.78, 5) is 19.3. The van der Waals surface area contributed by atoms with Crippen LogP contribution in [0.5, 0.6) is 5.88 Å². The Morgan fingerprint density at radius 1 is 1.19 bits per heavy atom. The van der Waals surface area contributed by atoms with Crippen LogP contribution < -0.4 is 4.74 Å². The van der Waals surface area contributed by atoms with Crippen molar-refractivity contribution in [2.24, 2.45) is 0 Å². The van der Waals surface area contributed by atoms with Gasteiger partial charge in [-0.15, -0.1) is 4.80 Å². The maximum Gasteiger partial charge on any atom is 0.417 e. The summed E-state index contributed by atoms with van der Waals surface area (Å²) in [5, 5.41) is 7.80. The van der Waals surface area contributed by atoms with Crippen molar-refractivity contribution in [2.75, 3.05) is 13.2 Å². The van der Waals surface area contributed by atoms with Gasteiger partial charge in [0.25, 0.3) is 5.91 Å². The molecule has 2 heterocycles. The smallest absolute Gasteiger partial charge is 0.417 e. The van der Waals surface area contributed by atoms with E-state index in [0.717, 1.165) is 16.9 Å². The fraction of sp³-hybridized carbons (Fsp3) is 0.300. The van der Waals surface area contributed by atoms with Crippen LogP contribution >= 0.6 is 0 Å². The monoisotopic (exact) mass is 437 g/mol. The van der Waals surface area contributed by atoms with E-state index in [-0.39, 0.29) is 30.3 Å². The fourth-order valence-corrected chi connectivity index (χ4v) is 2.96. The van der Waals surface area contributed by atoms with Gasteiger partial charge in [-0.1, -0.05) is 6.07 Å². The van der Waals surface area contributed by atoms with Crippen molar-refractivity contribution in [1.29, 1.82) is 0 Å². The molecule has 3 aromatic rings. The quantitative estimate of drug-likeness (QED) is 0.527. The van der Waals surface area contributed by atoms with Gasteiger partial charge in [0, 0.05) is 18.8 Å². The van der Waals surface area contributed by atoms with E-state index in [2.05, 4.69) is 15.2 Å². The van der Waals surface area contributed by atoms with Crippen molar-refractivity contribution in [3.63, 3.8) is 0 Å². The van der Waals surface area contributed by atoms with Crippen LogP contribution in [0.25, 0.3) is 5.69 Å². The second-order valence-electron chi connectivity index (χ2n) is 6.59. The normalized spacial score (nSPS) is 12.5. The highest BCUT2D eigenvalue weighted by molar-refractivity contribution is 5.98. The minimum absolute atomic E-state index is 0.00413. The van der Waals surface area contributed by atoms with E-state index in [1.165, 1.54) is 35.5 Å². The van der Waals surface area contributed by atoms with Gasteiger partial charge >= 0.3 is 6.18 Å². The number of hydrogen-bond acceptors (Lipinski definition) is 5. The highest BCUT2D eigenvalue weighted by Crippen LogP contribution is 2.29. The van der Waals surface area contributed by atoms with Gasteiger partial charge in [-0.3, -0.25) is 4.79 Å². The zero-order valence-electron chi connectivity index (χ0n) is 16.7. The molecule has 0 saturated heterocycles. The Morgan fingerprint density at radius 3 is 2.48 bits per heavy atom. The summed E-state index contributed by atoms with van der Waals surface area (Å²) < 4.78 is 57.8. The van der Waals surface area contributed by atoms with Crippen molar-refractivity contribution in [3.8, 4) is 11.6 Å². The van der Waals surface area contributed by atoms with Crippen LogP contribution in [0.15, 0.2) is 48.9 Å². The third-order valence-corrected chi connectivity index (χ3v) is 4.51. The van der Waals surface area contributed by atoms with Crippen molar-refractivity contribution in [3.05, 3.63) is 65.9 Å². The van der Waals surface area contributed by atoms with E-state index < -0.39 is 29.5 Å². The standard InChI is InChI=1S/C20H19F4N5O2/c1-3-28(13(2)12-31-17-8-7-14(11-25-17)20(22,23)24)19(30)15-5-4-6-16(21)18(15)29-26-9-10-27-29/h4-11,13H,3,12H2,1-2H3. The summed E-state index contributed by atoms with van der Waals surface area (Å²) in [6, 6.07) is 5.58. The number of pyridine rings is 1. The summed E-state index contributed by atoms with van der Waals surface area (Å²) in [6.07, 6.45) is -1.08. The number of benzene rings is 1. The van der Waals surface area contributed by atoms with Gasteiger partial charge in [-0.2, -0.15) is 23.4 Å². The number of carbonyl (C=O) groups excluding carboxylic acids is 1. The largest absolute Gasteiger partial charge is 0.475 e. The summed E-state index contributed by atoms with van der Waals surface area (Å²) in [7, 11) is 0. The molecule has 0 aliphatic rings. The molecular formula is C20H19F4N5O2. The van der Waals surface area contributed by atoms with Crippen LogP contribution in [-0.4, -0.2) is 50.0 Å². The van der Waals surface area contributed by atoms with Crippen LogP contribution in [-0.2, 0) is 6.18 Å². The van der Waals surface area contributed by atoms with E-state index in [9.17, 15) is 22.4 Å². The first-order valence-corrected chi connectivity index (χ1v) is 9.34. The summed E-state index contributed by atoms with van der Waals surface area (Å²) >= 11 is 0. The van der Waals surface area contributed by atoms with Gasteiger partial charge in [-0.25, -0.2) is 9.37 Å². The molecule has 0 N–H and O–H groups in total. The Balaban J connectivity index is 1.75. The Labute approximate surface area is 175 Å². The maximum atomic E-state index is 14.4. The number of likely N-dealkylation sites (N-methyl/N-ethyl adjacent to an activating group) is 1. The molecule has 11 heteroatoms. The minimum Gasteiger partial charge on any atom is -0.475 e. The Kier molecular flexibility index (Phi) is 6.52. The van der Waals surface area contributed by atoms with Gasteiger partial charge < -0.3 is 9.64 Å². The molecule has 0 saturated carbocycles. The molecule has 3 rings (SSSR count). The van der Waals surface area contributed by atoms with E-state index in [1.807, 2.05) is 0 Å². The lowest BCUT2D eigenvalue weighted by molar-refractivity contribution is -0.137. The van der Waals surface area contributed by atoms with Gasteiger partial charge in [0.1, 0.15) is 12.3 Å². The number of amides is 1. The molecule has 1 amide bonds. The lowest BCUT2D eigenvalue weighted by Crippen LogP contribution is -2.42. The average Bonchev–Trinajstić information content (AvgIpc) is 3.26. The van der Waals surface area contributed by atoms with Gasteiger partial charge in [0.05, 0.1) is 29.6 Å². The first-order chi connectivity index (χ1) is 14.7. The van der Waals surface area contributed by atoms with Crippen LogP contribution in [0.4, 0.5) is 17.6 Å². The number of para-hydroxylation sites is 1. The highest BCUT2D eigenvalue weighted by Gasteiger charge is 2.31. The molecule has 1 aromatic carbocycles. The summed E-state index contributed by atoms with van der Waals surface area (Å²) in [5.41, 5.74) is -0.893. The molecule has 1 atom stereocenters. The van der Waals surface area contributed by atoms with E-state index in [0.29, 0.717) is 6.20 Å². The first-order valence-electron chi connectivity index (χ1n) is 9.34. The van der Waals surface area contributed by atoms with Gasteiger partial charge in [0.2, 0.25) is 5.88 Å². The number of halogens is 4. The second-order valence-corrected chi connectivity index (χ2v) is 6.59. The summed E-state index contributed by atoms with van der Waals surface area (Å²) in [6.45, 7) is 3.71. The zero-order valence-corrected chi connectivity index (χ0v) is 16.7. The van der Waals surface area contributed by atoms with Crippen molar-refractivity contribution < 1.29 is 27.1 Å². The number of ether oxygens (including phenoxy) is 1. The Bertz CT molecular complexity index is 1020. The molecule has 7 nitrogen and oxygen atoms in total. The first kappa shape index (κ1) is 22.2. The molecule has 0 aliphatic heterocycles. The maximum absolute atomic E-state index is 14.4. The molecule has 2 aromatic heterocycles. The van der Waals surface area contributed by atoms with E-state index in [4.69, 9.17) is 4.74 Å². The predicted octanol–water partition coefficient (Wildman–Crippen LogP) is 3.75. The van der Waals surface area contributed by atoms with Gasteiger partial charge in [-0.05, 0) is 32.0 Å². The zero-order chi connectivity index (χ0) is 22.6. The van der Waals surface area contributed by atoms with E-state index in [1.54, 1.807) is 13.8 Å². The van der Waals surface area contributed by atoms with Crippen LogP contribution in [0, 0.1) is 5.82 Å². The highest BCUT2D eigenvalue weighted by atomic mass is 19.4. The Morgan fingerprint density at radius 2 is 1.90 bits per heavy atom. The molecule has 0 spiro atoms. The molecular weight excluding hydrogens is 418 g/mol. The average molecular weight is 437 g/mol. The predicted molar refractivity (Wildman–Crippen MR) is 102 cm³/mol. The lowest BCUT2D eigenvalue weighted by atomic mass is 10.1. The number of carbonyl (C=O) groups is 1. The van der Waals surface area contributed by atoms with Crippen molar-refractivity contribution in [2.45, 2.75) is 26.1 Å². The number of alkyl halides is 3. The molecule has 0 aliphatic carbocycles. The topological polar surface area (TPSA) is 73.1 Å². The summed E-state index contributed by atoms with van der Waals surface area (Å²) in [5.74, 6) is -1.13. The SMILES string of the molecule is CCN(C(=O)c1cccc(F)c1-n1nccn1)C(C)COc1ccc(C(F)(F)F)cn1. The minimum atomic E-state index is -4.49. The lowest BCUT2D eigenvalue weighted by Gasteiger charge is -2.28. The van der Waals surface area contributed by atoms with Crippen LogP contribution in [0.3, 0.4) is 0 Å². The van der Waals surface area contributed by atoms with Crippen LogP contribution in [0.1, 0.15) is 29.8 Å². The van der Waals surface area contributed by atoms with Crippen molar-refractivity contribution in [1.82, 2.24) is 24.9 Å². The van der Waals surface area contributed by atoms with Gasteiger partial charge in [0.15, 0.2) is 5.82 Å². The van der Waals surface area contributed by atoms with Crippen LogP contribution in [0.2, 0.25) is 0 Å². The molecule has 0 fully saturated rings. The number of hydrogen-bond donors (Lipinski definition) is 0. The third kappa shape index (κ3) is 4.98. The molecule has 1 unspecified atom stereocenters. The molecule has 31 heavy (non-hydrogen) atoms. The molecule has 0 radical (unpaired) electrons. The molecule has 164 valence electrons. The Hall–Kier alpha value is -3.50.